The largest absolute Gasteiger partial charge is 0.494 e. The Labute approximate surface area is 241 Å². The molecule has 1 fully saturated rings. The van der Waals surface area contributed by atoms with Crippen LogP contribution in [0.3, 0.4) is 0 Å². The third-order valence-electron chi connectivity index (χ3n) is 6.13. The zero-order valence-corrected chi connectivity index (χ0v) is 25.2. The molecule has 13 heteroatoms. The first-order valence-electron chi connectivity index (χ1n) is 12.4. The summed E-state index contributed by atoms with van der Waals surface area (Å²) in [5.41, 5.74) is 3.42. The number of nitriles is 1. The fourth-order valence-electron chi connectivity index (χ4n) is 4.35. The van der Waals surface area contributed by atoms with E-state index in [0.717, 1.165) is 5.69 Å². The van der Waals surface area contributed by atoms with Gasteiger partial charge < -0.3 is 29.6 Å². The van der Waals surface area contributed by atoms with Crippen molar-refractivity contribution in [3.05, 3.63) is 40.5 Å². The second kappa shape index (κ2) is 12.6. The van der Waals surface area contributed by atoms with Crippen LogP contribution in [0.2, 0.25) is 0 Å². The van der Waals surface area contributed by atoms with Crippen LogP contribution in [-0.4, -0.2) is 69.6 Å². The Morgan fingerprint density at radius 2 is 2.00 bits per heavy atom. The molecule has 3 aromatic rings. The minimum absolute atomic E-state index is 0.265. The van der Waals surface area contributed by atoms with Crippen molar-refractivity contribution in [1.82, 2.24) is 9.97 Å². The number of hydrogen-bond acceptors (Lipinski definition) is 11. The van der Waals surface area contributed by atoms with Gasteiger partial charge >= 0.3 is 0 Å². The molecule has 0 unspecified atom stereocenters. The van der Waals surface area contributed by atoms with Gasteiger partial charge in [-0.2, -0.15) is 10.2 Å². The molecule has 0 atom stereocenters. The molecule has 1 aliphatic rings. The Kier molecular flexibility index (Phi) is 9.20. The van der Waals surface area contributed by atoms with Crippen molar-refractivity contribution in [2.75, 3.05) is 62.3 Å². The Morgan fingerprint density at radius 1 is 1.25 bits per heavy atom. The van der Waals surface area contributed by atoms with Crippen LogP contribution in [0.5, 0.6) is 5.75 Å². The highest BCUT2D eigenvalue weighted by molar-refractivity contribution is 9.10. The zero-order valence-electron chi connectivity index (χ0n) is 22.7. The van der Waals surface area contributed by atoms with Gasteiger partial charge in [-0.3, -0.25) is 9.98 Å². The number of morpholine rings is 1. The monoisotopic (exact) mass is 624 g/mol. The Hall–Kier alpha value is -3.78. The van der Waals surface area contributed by atoms with Crippen LogP contribution >= 0.6 is 23.1 Å². The maximum atomic E-state index is 13.4. The Balaban J connectivity index is 1.71. The van der Waals surface area contributed by atoms with Crippen LogP contribution in [0.15, 0.2) is 44.9 Å². The molecule has 1 aliphatic heterocycles. The van der Waals surface area contributed by atoms with E-state index in [9.17, 15) is 9.83 Å². The van der Waals surface area contributed by atoms with Gasteiger partial charge in [0.2, 0.25) is 5.95 Å². The molecule has 0 spiro atoms. The normalized spacial score (nSPS) is 13.7. The summed E-state index contributed by atoms with van der Waals surface area (Å²) >= 11 is 3.50. The van der Waals surface area contributed by atoms with Crippen LogP contribution < -0.4 is 25.6 Å². The molecule has 1 aromatic heterocycles. The van der Waals surface area contributed by atoms with Crippen molar-refractivity contribution in [3.63, 3.8) is 0 Å². The van der Waals surface area contributed by atoms with E-state index >= 15 is 0 Å². The highest BCUT2D eigenvalue weighted by Gasteiger charge is 2.24. The molecular formula is C27H30BrN8O3P. The van der Waals surface area contributed by atoms with E-state index in [1.165, 1.54) is 0 Å². The minimum Gasteiger partial charge on any atom is -0.494 e. The van der Waals surface area contributed by atoms with Crippen LogP contribution in [0, 0.1) is 11.3 Å². The average molecular weight is 625 g/mol. The Bertz CT molecular complexity index is 1540. The second-order valence-corrected chi connectivity index (χ2v) is 13.2. The SMILES string of the molecule is C=Nc1ccc(Nc2nc(Nc3cc(C#N)c(N4CCOCC4)cc3OC)ncc2Br)c(P(C)(C)=O)c1N=CC. The fourth-order valence-corrected chi connectivity index (χ4v) is 6.04. The lowest BCUT2D eigenvalue weighted by Crippen LogP contribution is -2.36. The lowest BCUT2D eigenvalue weighted by molar-refractivity contribution is 0.122. The highest BCUT2D eigenvalue weighted by Crippen LogP contribution is 2.46. The molecule has 0 bridgehead atoms. The van der Waals surface area contributed by atoms with Gasteiger partial charge in [0.1, 0.15) is 30.5 Å². The molecule has 4 rings (SSSR count). The van der Waals surface area contributed by atoms with E-state index in [-0.39, 0.29) is 5.95 Å². The summed E-state index contributed by atoms with van der Waals surface area (Å²) in [6.07, 6.45) is 3.22. The van der Waals surface area contributed by atoms with Gasteiger partial charge in [0.15, 0.2) is 0 Å². The highest BCUT2D eigenvalue weighted by atomic mass is 79.9. The first-order chi connectivity index (χ1) is 19.2. The number of ether oxygens (including phenoxy) is 2. The number of halogens is 1. The summed E-state index contributed by atoms with van der Waals surface area (Å²) in [6.45, 7) is 11.3. The topological polar surface area (TPSA) is 137 Å². The van der Waals surface area contributed by atoms with E-state index in [4.69, 9.17) is 9.47 Å². The quantitative estimate of drug-likeness (QED) is 0.225. The molecule has 0 aliphatic carbocycles. The van der Waals surface area contributed by atoms with Crippen LogP contribution in [0.4, 0.5) is 40.2 Å². The third kappa shape index (κ3) is 6.33. The smallest absolute Gasteiger partial charge is 0.229 e. The molecule has 2 heterocycles. The summed E-state index contributed by atoms with van der Waals surface area (Å²) in [4.78, 5) is 19.6. The van der Waals surface area contributed by atoms with Crippen molar-refractivity contribution in [3.8, 4) is 11.8 Å². The average Bonchev–Trinajstić information content (AvgIpc) is 2.94. The van der Waals surface area contributed by atoms with E-state index in [0.29, 0.717) is 76.0 Å². The number of benzene rings is 2. The molecule has 1 saturated heterocycles. The van der Waals surface area contributed by atoms with Gasteiger partial charge in [0.05, 0.1) is 58.4 Å². The fraction of sp³-hybridized carbons (Fsp3) is 0.296. The van der Waals surface area contributed by atoms with E-state index in [1.54, 1.807) is 58.0 Å². The number of anilines is 5. The predicted octanol–water partition coefficient (Wildman–Crippen LogP) is 5.75. The van der Waals surface area contributed by atoms with E-state index in [2.05, 4.69) is 64.2 Å². The molecule has 0 amide bonds. The van der Waals surface area contributed by atoms with Crippen LogP contribution in [0.25, 0.3) is 0 Å². The predicted molar refractivity (Wildman–Crippen MR) is 166 cm³/mol. The lowest BCUT2D eigenvalue weighted by Gasteiger charge is -2.30. The number of nitrogens with zero attached hydrogens (tertiary/aromatic N) is 6. The second-order valence-electron chi connectivity index (χ2n) is 9.15. The number of aromatic nitrogens is 2. The Morgan fingerprint density at radius 3 is 2.62 bits per heavy atom. The van der Waals surface area contributed by atoms with E-state index < -0.39 is 7.14 Å². The van der Waals surface area contributed by atoms with E-state index in [1.807, 2.05) is 6.07 Å². The molecular weight excluding hydrogens is 595 g/mol. The molecule has 0 radical (unpaired) electrons. The molecule has 208 valence electrons. The van der Waals surface area contributed by atoms with Gasteiger partial charge in [-0.25, -0.2) is 4.98 Å². The molecule has 0 saturated carbocycles. The van der Waals surface area contributed by atoms with Crippen molar-refractivity contribution in [2.24, 2.45) is 9.98 Å². The number of rotatable bonds is 9. The third-order valence-corrected chi connectivity index (χ3v) is 8.24. The summed E-state index contributed by atoms with van der Waals surface area (Å²) in [7, 11) is -1.25. The summed E-state index contributed by atoms with van der Waals surface area (Å²) < 4.78 is 25.1. The maximum absolute atomic E-state index is 13.4. The number of aliphatic imine (C=N–C) groups is 2. The van der Waals surface area contributed by atoms with Gasteiger partial charge in [-0.1, -0.05) is 0 Å². The molecule has 40 heavy (non-hydrogen) atoms. The minimum atomic E-state index is -2.82. The van der Waals surface area contributed by atoms with Crippen molar-refractivity contribution in [1.29, 1.82) is 5.26 Å². The number of nitrogens with one attached hydrogen (secondary N) is 2. The first kappa shape index (κ1) is 29.2. The summed E-state index contributed by atoms with van der Waals surface area (Å²) in [5.74, 6) is 1.24. The standard InChI is InChI=1S/C27H30BrN8O3P/c1-6-31-24-19(30-2)7-8-20(25(24)40(4,5)37)33-26-18(28)16-32-27(35-26)34-21-13-17(15-29)22(14-23(21)38-3)36-9-11-39-12-10-36/h6-8,13-14,16H,2,9-12H2,1,3-5H3,(H2,32,33,34,35). The summed E-state index contributed by atoms with van der Waals surface area (Å²) in [6, 6.07) is 9.38. The number of hydrogen-bond donors (Lipinski definition) is 2. The van der Waals surface area contributed by atoms with Gasteiger partial charge in [-0.15, -0.1) is 0 Å². The summed E-state index contributed by atoms with van der Waals surface area (Å²) in [5, 5.41) is 16.9. The van der Waals surface area contributed by atoms with Crippen molar-refractivity contribution < 1.29 is 14.0 Å². The van der Waals surface area contributed by atoms with Crippen LogP contribution in [0.1, 0.15) is 12.5 Å². The van der Waals surface area contributed by atoms with Gasteiger partial charge in [0, 0.05) is 31.6 Å². The lowest BCUT2D eigenvalue weighted by atomic mass is 10.1. The number of methoxy groups -OCH3 is 1. The van der Waals surface area contributed by atoms with Crippen molar-refractivity contribution >= 4 is 81.5 Å². The van der Waals surface area contributed by atoms with Crippen LogP contribution in [-0.2, 0) is 9.30 Å². The van der Waals surface area contributed by atoms with Gasteiger partial charge in [-0.05, 0) is 61.1 Å². The molecule has 2 N–H and O–H groups in total. The van der Waals surface area contributed by atoms with Crippen molar-refractivity contribution in [2.45, 2.75) is 6.92 Å². The zero-order chi connectivity index (χ0) is 28.9. The molecule has 11 nitrogen and oxygen atoms in total. The molecule has 2 aromatic carbocycles. The van der Waals surface area contributed by atoms with Gasteiger partial charge in [0.25, 0.3) is 0 Å². The maximum Gasteiger partial charge on any atom is 0.229 e. The first-order valence-corrected chi connectivity index (χ1v) is 15.8.